The lowest BCUT2D eigenvalue weighted by atomic mass is 10.1. The zero-order valence-corrected chi connectivity index (χ0v) is 12.6. The Bertz CT molecular complexity index is 326. The second-order valence-corrected chi connectivity index (χ2v) is 7.39. The topological polar surface area (TPSA) is 61.4 Å². The Morgan fingerprint density at radius 2 is 1.72 bits per heavy atom. The Morgan fingerprint density at radius 1 is 1.11 bits per heavy atom. The SMILES string of the molecule is CNCC(C)S(=O)(=O)NCC(C)N1CCCCC1. The molecule has 1 saturated heterocycles. The van der Waals surface area contributed by atoms with Crippen LogP contribution in [0.1, 0.15) is 33.1 Å². The van der Waals surface area contributed by atoms with E-state index in [1.807, 2.05) is 0 Å². The van der Waals surface area contributed by atoms with Gasteiger partial charge in [0.2, 0.25) is 10.0 Å². The molecule has 0 bridgehead atoms. The summed E-state index contributed by atoms with van der Waals surface area (Å²) in [6.07, 6.45) is 3.76. The molecule has 2 unspecified atom stereocenters. The van der Waals surface area contributed by atoms with Crippen LogP contribution in [-0.4, -0.2) is 57.8 Å². The van der Waals surface area contributed by atoms with Crippen molar-refractivity contribution < 1.29 is 8.42 Å². The maximum absolute atomic E-state index is 11.9. The summed E-state index contributed by atoms with van der Waals surface area (Å²) in [5.41, 5.74) is 0. The van der Waals surface area contributed by atoms with Crippen LogP contribution in [0.15, 0.2) is 0 Å². The van der Waals surface area contributed by atoms with E-state index in [0.717, 1.165) is 13.1 Å². The fourth-order valence-corrected chi connectivity index (χ4v) is 3.41. The molecule has 6 heteroatoms. The third kappa shape index (κ3) is 4.84. The van der Waals surface area contributed by atoms with Crippen molar-refractivity contribution in [1.82, 2.24) is 14.9 Å². The highest BCUT2D eigenvalue weighted by molar-refractivity contribution is 7.90. The van der Waals surface area contributed by atoms with E-state index in [1.165, 1.54) is 19.3 Å². The molecule has 5 nitrogen and oxygen atoms in total. The second-order valence-electron chi connectivity index (χ2n) is 5.21. The van der Waals surface area contributed by atoms with E-state index in [4.69, 9.17) is 0 Å². The van der Waals surface area contributed by atoms with Crippen molar-refractivity contribution in [2.45, 2.75) is 44.4 Å². The van der Waals surface area contributed by atoms with Crippen molar-refractivity contribution in [3.05, 3.63) is 0 Å². The molecule has 1 rings (SSSR count). The van der Waals surface area contributed by atoms with Crippen molar-refractivity contribution in [3.8, 4) is 0 Å². The van der Waals surface area contributed by atoms with Gasteiger partial charge in [-0.3, -0.25) is 4.90 Å². The van der Waals surface area contributed by atoms with Crippen LogP contribution in [0.5, 0.6) is 0 Å². The summed E-state index contributed by atoms with van der Waals surface area (Å²) in [5, 5.41) is 2.50. The van der Waals surface area contributed by atoms with Gasteiger partial charge in [-0.15, -0.1) is 0 Å². The van der Waals surface area contributed by atoms with Crippen LogP contribution in [0, 0.1) is 0 Å². The van der Waals surface area contributed by atoms with Crippen LogP contribution in [0.25, 0.3) is 0 Å². The van der Waals surface area contributed by atoms with Gasteiger partial charge in [0.25, 0.3) is 0 Å². The van der Waals surface area contributed by atoms with E-state index in [-0.39, 0.29) is 6.04 Å². The quantitative estimate of drug-likeness (QED) is 0.707. The highest BCUT2D eigenvalue weighted by Gasteiger charge is 2.22. The minimum absolute atomic E-state index is 0.280. The summed E-state index contributed by atoms with van der Waals surface area (Å²) in [6, 6.07) is 0.280. The Hall–Kier alpha value is -0.170. The number of piperidine rings is 1. The van der Waals surface area contributed by atoms with Crippen molar-refractivity contribution >= 4 is 10.0 Å². The van der Waals surface area contributed by atoms with E-state index >= 15 is 0 Å². The predicted octanol–water partition coefficient (Wildman–Crippen LogP) is 0.388. The number of hydrogen-bond acceptors (Lipinski definition) is 4. The number of hydrogen-bond donors (Lipinski definition) is 2. The summed E-state index contributed by atoms with van der Waals surface area (Å²) in [7, 11) is -1.43. The predicted molar refractivity (Wildman–Crippen MR) is 75.2 cm³/mol. The molecular formula is C12H27N3O2S. The Kier molecular flexibility index (Phi) is 6.55. The zero-order valence-electron chi connectivity index (χ0n) is 11.8. The fraction of sp³-hybridized carbons (Fsp3) is 1.00. The molecule has 1 aliphatic rings. The molecule has 1 aliphatic heterocycles. The number of likely N-dealkylation sites (tertiary alicyclic amines) is 1. The van der Waals surface area contributed by atoms with Gasteiger partial charge in [0, 0.05) is 19.1 Å². The lowest BCUT2D eigenvalue weighted by molar-refractivity contribution is 0.175. The first-order valence-electron chi connectivity index (χ1n) is 6.84. The Labute approximate surface area is 111 Å². The molecule has 108 valence electrons. The van der Waals surface area contributed by atoms with Crippen LogP contribution in [-0.2, 0) is 10.0 Å². The minimum Gasteiger partial charge on any atom is -0.318 e. The summed E-state index contributed by atoms with van der Waals surface area (Å²) in [4.78, 5) is 2.37. The van der Waals surface area contributed by atoms with Crippen LogP contribution in [0.2, 0.25) is 0 Å². The molecule has 0 amide bonds. The van der Waals surface area contributed by atoms with Gasteiger partial charge in [-0.1, -0.05) is 6.42 Å². The molecule has 0 spiro atoms. The number of nitrogens with zero attached hydrogens (tertiary/aromatic N) is 1. The maximum atomic E-state index is 11.9. The van der Waals surface area contributed by atoms with Gasteiger partial charge < -0.3 is 5.32 Å². The first kappa shape index (κ1) is 15.9. The first-order valence-corrected chi connectivity index (χ1v) is 8.39. The van der Waals surface area contributed by atoms with Gasteiger partial charge in [0.15, 0.2) is 0 Å². The van der Waals surface area contributed by atoms with E-state index in [9.17, 15) is 8.42 Å². The molecule has 2 N–H and O–H groups in total. The lowest BCUT2D eigenvalue weighted by Gasteiger charge is -2.32. The van der Waals surface area contributed by atoms with Gasteiger partial charge in [-0.25, -0.2) is 13.1 Å². The third-order valence-electron chi connectivity index (χ3n) is 3.62. The third-order valence-corrected chi connectivity index (χ3v) is 5.41. The molecule has 0 aromatic carbocycles. The maximum Gasteiger partial charge on any atom is 0.215 e. The molecule has 2 atom stereocenters. The second kappa shape index (κ2) is 7.43. The van der Waals surface area contributed by atoms with Crippen LogP contribution < -0.4 is 10.0 Å². The number of sulfonamides is 1. The van der Waals surface area contributed by atoms with E-state index in [0.29, 0.717) is 13.1 Å². The van der Waals surface area contributed by atoms with E-state index in [1.54, 1.807) is 14.0 Å². The molecule has 0 aliphatic carbocycles. The molecule has 1 heterocycles. The molecule has 0 aromatic rings. The zero-order chi connectivity index (χ0) is 13.6. The summed E-state index contributed by atoms with van der Waals surface area (Å²) >= 11 is 0. The molecule has 18 heavy (non-hydrogen) atoms. The number of nitrogens with one attached hydrogen (secondary N) is 2. The summed E-state index contributed by atoms with van der Waals surface area (Å²) in [5.74, 6) is 0. The van der Waals surface area contributed by atoms with E-state index < -0.39 is 15.3 Å². The van der Waals surface area contributed by atoms with Crippen molar-refractivity contribution in [1.29, 1.82) is 0 Å². The largest absolute Gasteiger partial charge is 0.318 e. The molecule has 1 fully saturated rings. The van der Waals surface area contributed by atoms with Crippen LogP contribution in [0.3, 0.4) is 0 Å². The minimum atomic E-state index is -3.20. The lowest BCUT2D eigenvalue weighted by Crippen LogP contribution is -2.47. The molecule has 0 saturated carbocycles. The molecule has 0 radical (unpaired) electrons. The average molecular weight is 277 g/mol. The van der Waals surface area contributed by atoms with Crippen molar-refractivity contribution in [2.24, 2.45) is 0 Å². The van der Waals surface area contributed by atoms with Gasteiger partial charge >= 0.3 is 0 Å². The van der Waals surface area contributed by atoms with Crippen molar-refractivity contribution in [3.63, 3.8) is 0 Å². The monoisotopic (exact) mass is 277 g/mol. The number of rotatable bonds is 7. The van der Waals surface area contributed by atoms with Crippen LogP contribution >= 0.6 is 0 Å². The smallest absolute Gasteiger partial charge is 0.215 e. The van der Waals surface area contributed by atoms with Crippen molar-refractivity contribution in [2.75, 3.05) is 33.2 Å². The van der Waals surface area contributed by atoms with Gasteiger partial charge in [0.05, 0.1) is 5.25 Å². The molecule has 0 aromatic heterocycles. The normalized spacial score (nSPS) is 21.7. The van der Waals surface area contributed by atoms with Gasteiger partial charge in [0.1, 0.15) is 0 Å². The van der Waals surface area contributed by atoms with Crippen LogP contribution in [0.4, 0.5) is 0 Å². The molecular weight excluding hydrogens is 250 g/mol. The Morgan fingerprint density at radius 3 is 2.28 bits per heavy atom. The van der Waals surface area contributed by atoms with E-state index in [2.05, 4.69) is 21.9 Å². The average Bonchev–Trinajstić information content (AvgIpc) is 2.37. The Balaban J connectivity index is 2.38. The first-order chi connectivity index (χ1) is 8.47. The standard InChI is InChI=1S/C12H27N3O2S/c1-11(15-7-5-4-6-8-15)9-14-18(16,17)12(2)10-13-3/h11-14H,4-10H2,1-3H3. The highest BCUT2D eigenvalue weighted by atomic mass is 32.2. The van der Waals surface area contributed by atoms with Gasteiger partial charge in [-0.2, -0.15) is 0 Å². The fourth-order valence-electron chi connectivity index (χ4n) is 2.26. The highest BCUT2D eigenvalue weighted by Crippen LogP contribution is 2.11. The van der Waals surface area contributed by atoms with Gasteiger partial charge in [-0.05, 0) is 46.8 Å². The summed E-state index contributed by atoms with van der Waals surface area (Å²) in [6.45, 7) is 6.99. The summed E-state index contributed by atoms with van der Waals surface area (Å²) < 4.78 is 26.6.